The maximum Gasteiger partial charge on any atom is 0.408 e. The quantitative estimate of drug-likeness (QED) is 0.0273. The van der Waals surface area contributed by atoms with E-state index in [9.17, 15) is 85.0 Å². The number of ketones is 1. The maximum atomic E-state index is 12.9. The Morgan fingerprint density at radius 2 is 0.795 bits per heavy atom. The molecule has 7 aliphatic carbocycles. The average molecular weight is 1820 g/mol. The first-order valence-corrected chi connectivity index (χ1v) is 42.5. The van der Waals surface area contributed by atoms with Gasteiger partial charge in [0, 0.05) is 60.0 Å². The van der Waals surface area contributed by atoms with Gasteiger partial charge in [0.1, 0.15) is 34.0 Å². The summed E-state index contributed by atoms with van der Waals surface area (Å²) in [7, 11) is 0. The summed E-state index contributed by atoms with van der Waals surface area (Å²) in [6, 6.07) is -4.08. The summed E-state index contributed by atoms with van der Waals surface area (Å²) >= 11 is 0. The fourth-order valence-corrected chi connectivity index (χ4v) is 13.5. The third-order valence-electron chi connectivity index (χ3n) is 18.6. The summed E-state index contributed by atoms with van der Waals surface area (Å²) in [6.07, 6.45) is 4.05. The molecule has 36 nitrogen and oxygen atoms in total. The first kappa shape index (κ1) is 111. The number of alkyl carbamates (subject to hydrolysis) is 5. The van der Waals surface area contributed by atoms with E-state index in [1.807, 2.05) is 19.1 Å². The molecule has 5 fully saturated rings. The van der Waals surface area contributed by atoms with Crippen LogP contribution in [0.2, 0.25) is 0 Å². The van der Waals surface area contributed by atoms with Crippen molar-refractivity contribution < 1.29 is 161 Å². The van der Waals surface area contributed by atoms with Gasteiger partial charge in [0.15, 0.2) is 17.4 Å². The highest BCUT2D eigenvalue weighted by atomic mass is 19.3. The van der Waals surface area contributed by atoms with Crippen LogP contribution < -0.4 is 32.3 Å². The number of Topliss-reactive ketones (excluding diaryl/α,β-unsaturated/α-hetero) is 1. The SMILES string of the molecule is CCOC(=O)C1=C[C@H](N)C(=C(F)F)C1.CCOC(=O)C1=C[C@H](NC(=O)OC(C)(C)C)C(=C(F)F)C1.CCOC(=O)C1=C[C@H](NC(=O)OC(C)(C)C)C2(C1)OCCO2.CCOC(=O)C1CC(=O)[C@@H](NC(=O)OC(C)(C)C)C1.CCOC(=O)C1CC=CC1.CCOC(=O)C1C[C@@H](O)[C@@H](NC(=O)OC(C)(C)C)C1.CCOC(=O)C1C[C@H](NC(=O)OC(C)(C)C)C2(C1)OCCO2. The zero-order chi connectivity index (χ0) is 96.3. The lowest BCUT2D eigenvalue weighted by Gasteiger charge is -2.30. The lowest BCUT2D eigenvalue weighted by Crippen LogP contribution is -2.51. The molecule has 0 bridgehead atoms. The van der Waals surface area contributed by atoms with Gasteiger partial charge in [-0.1, -0.05) is 18.2 Å². The molecular weight excluding hydrogens is 1680 g/mol. The molecule has 2 saturated heterocycles. The number of ether oxygens (including phenoxy) is 16. The van der Waals surface area contributed by atoms with Crippen molar-refractivity contribution in [3.63, 3.8) is 0 Å². The summed E-state index contributed by atoms with van der Waals surface area (Å²) in [6.45, 7) is 42.1. The van der Waals surface area contributed by atoms with Gasteiger partial charge in [-0.3, -0.25) is 24.0 Å². The van der Waals surface area contributed by atoms with Gasteiger partial charge in [-0.2, -0.15) is 17.6 Å². The number of nitrogens with two attached hydrogens (primary N) is 1. The highest BCUT2D eigenvalue weighted by Crippen LogP contribution is 2.43. The Labute approximate surface area is 739 Å². The Bertz CT molecular complexity index is 3900. The van der Waals surface area contributed by atoms with Crippen LogP contribution in [-0.2, 0) is 114 Å². The van der Waals surface area contributed by atoms with E-state index < -0.39 is 148 Å². The molecule has 127 heavy (non-hydrogen) atoms. The Hall–Kier alpha value is -9.77. The number of nitrogens with one attached hydrogen (secondary N) is 5. The normalized spacial score (nSPS) is 22.8. The van der Waals surface area contributed by atoms with Crippen LogP contribution in [0, 0.1) is 23.7 Å². The van der Waals surface area contributed by atoms with Crippen molar-refractivity contribution >= 4 is 78.0 Å². The van der Waals surface area contributed by atoms with E-state index >= 15 is 0 Å². The topological polar surface area (TPSA) is 476 Å². The summed E-state index contributed by atoms with van der Waals surface area (Å²) in [4.78, 5) is 151. The summed E-state index contributed by atoms with van der Waals surface area (Å²) in [5.41, 5.74) is 2.45. The van der Waals surface area contributed by atoms with Gasteiger partial charge in [0.2, 0.25) is 0 Å². The molecule has 0 aromatic rings. The molecule has 10 atom stereocenters. The van der Waals surface area contributed by atoms with E-state index in [2.05, 4.69) is 31.3 Å². The Balaban J connectivity index is 0.000000386. The number of carbonyl (C=O) groups excluding carboxylic acids is 13. The van der Waals surface area contributed by atoms with Crippen molar-refractivity contribution in [2.24, 2.45) is 29.4 Å². The first-order chi connectivity index (χ1) is 59.0. The van der Waals surface area contributed by atoms with Gasteiger partial charge in [0.05, 0.1) is 133 Å². The zero-order valence-electron chi connectivity index (χ0n) is 77.2. The van der Waals surface area contributed by atoms with E-state index in [0.29, 0.717) is 77.5 Å². The molecule has 9 aliphatic rings. The van der Waals surface area contributed by atoms with Crippen LogP contribution in [0.15, 0.2) is 70.4 Å². The second-order valence-electron chi connectivity index (χ2n) is 34.9. The minimum absolute atomic E-state index is 0.0486. The van der Waals surface area contributed by atoms with E-state index in [-0.39, 0.29) is 128 Å². The van der Waals surface area contributed by atoms with Crippen molar-refractivity contribution in [3.8, 4) is 0 Å². The molecule has 3 saturated carbocycles. The molecule has 0 aromatic heterocycles. The molecular formula is C87H134F4N6O30. The monoisotopic (exact) mass is 1820 g/mol. The second-order valence-corrected chi connectivity index (χ2v) is 34.9. The number of allylic oxidation sites excluding steroid dienone is 2. The van der Waals surface area contributed by atoms with Crippen molar-refractivity contribution in [2.75, 3.05) is 72.7 Å². The average Bonchev–Trinajstić information content (AvgIpc) is 1.62. The lowest BCUT2D eigenvalue weighted by molar-refractivity contribution is -0.171. The molecule has 0 radical (unpaired) electrons. The van der Waals surface area contributed by atoms with E-state index in [4.69, 9.17) is 76.8 Å². The van der Waals surface area contributed by atoms with E-state index in [0.717, 1.165) is 12.8 Å². The molecule has 40 heteroatoms. The van der Waals surface area contributed by atoms with Crippen LogP contribution >= 0.6 is 0 Å². The number of amides is 5. The molecule has 0 aromatic carbocycles. The Morgan fingerprint density at radius 1 is 0.425 bits per heavy atom. The smallest absolute Gasteiger partial charge is 0.408 e. The molecule has 8 N–H and O–H groups in total. The predicted octanol–water partition coefficient (Wildman–Crippen LogP) is 11.5. The van der Waals surface area contributed by atoms with Gasteiger partial charge in [-0.25, -0.2) is 38.4 Å². The fourth-order valence-electron chi connectivity index (χ4n) is 13.5. The Kier molecular flexibility index (Phi) is 45.1. The van der Waals surface area contributed by atoms with E-state index in [1.54, 1.807) is 151 Å². The molecule has 3 unspecified atom stereocenters. The number of hydrogen-bond acceptors (Lipinski definition) is 31. The maximum absolute atomic E-state index is 12.9. The predicted molar refractivity (Wildman–Crippen MR) is 447 cm³/mol. The van der Waals surface area contributed by atoms with Gasteiger partial charge in [-0.15, -0.1) is 0 Å². The van der Waals surface area contributed by atoms with Gasteiger partial charge < -0.3 is 113 Å². The van der Waals surface area contributed by atoms with E-state index in [1.165, 1.54) is 12.2 Å². The number of halogens is 4. The third kappa shape index (κ3) is 39.8. The zero-order valence-corrected chi connectivity index (χ0v) is 77.2. The number of aliphatic hydroxyl groups is 1. The highest BCUT2D eigenvalue weighted by molar-refractivity contribution is 5.94. The lowest BCUT2D eigenvalue weighted by atomic mass is 10.1. The third-order valence-corrected chi connectivity index (χ3v) is 18.6. The standard InChI is InChI=1S/C15H25NO6.C15H23NO6.C14H19F2NO4.C13H23NO5.C13H21NO5.C9H11F2NO2.C8H12O2/c2*1-5-19-12(17)10-8-11(15(9-10)20-6-7-21-15)16-13(18)22-14(2,3)4;1-5-20-12(18)8-6-9(11(15)16)10(7-8)17-13(19)21-14(2,3)4;2*1-5-18-11(16)8-6-9(10(15)7-8)14-12(17)19-13(2,3)4;1-2-14-9(13)5-3-6(8(10)11)7(12)4-5;1-2-10-8(9)7-5-3-4-6-7/h10-11H,5-9H2,1-4H3,(H,16,18);8,11H,5-7,9H2,1-4H3,(H,16,18);7,10H,5-6H2,1-4H3,(H,17,19);8-10,15H,5-7H2,1-4H3,(H,14,17);8-9H,5-7H2,1-4H3,(H,14,17);4,7H,2-3,12H2,1H3;3-4,7H,2,5-6H2,1H3/t10?,11-;11-;10-;8?,9-,10+;8?,9-;7-;/m000000./s1. The van der Waals surface area contributed by atoms with Gasteiger partial charge in [-0.05, 0) is 203 Å². The number of hydrogen-bond donors (Lipinski definition) is 7. The molecule has 2 spiro atoms. The van der Waals surface area contributed by atoms with Crippen molar-refractivity contribution in [1.82, 2.24) is 26.6 Å². The van der Waals surface area contributed by atoms with Crippen molar-refractivity contribution in [1.29, 1.82) is 0 Å². The van der Waals surface area contributed by atoms with Crippen LogP contribution in [0.4, 0.5) is 41.5 Å². The van der Waals surface area contributed by atoms with Crippen LogP contribution in [0.25, 0.3) is 0 Å². The summed E-state index contributed by atoms with van der Waals surface area (Å²) in [5, 5.41) is 22.7. The van der Waals surface area contributed by atoms with Crippen molar-refractivity contribution in [2.45, 2.75) is 305 Å². The molecule has 5 amide bonds. The Morgan fingerprint density at radius 3 is 1.22 bits per heavy atom. The largest absolute Gasteiger partial charge is 0.466 e. The van der Waals surface area contributed by atoms with Crippen molar-refractivity contribution in [3.05, 3.63) is 70.4 Å². The number of rotatable bonds is 19. The highest BCUT2D eigenvalue weighted by Gasteiger charge is 2.56. The van der Waals surface area contributed by atoms with Gasteiger partial charge >= 0.3 is 72.3 Å². The molecule has 9 rings (SSSR count). The minimum Gasteiger partial charge on any atom is -0.466 e. The first-order valence-electron chi connectivity index (χ1n) is 42.5. The number of aliphatic hydroxyl groups excluding tert-OH is 1. The number of esters is 7. The second kappa shape index (κ2) is 51.4. The minimum atomic E-state index is -1.92. The van der Waals surface area contributed by atoms with Crippen LogP contribution in [0.3, 0.4) is 0 Å². The van der Waals surface area contributed by atoms with Crippen LogP contribution in [0.1, 0.15) is 223 Å². The summed E-state index contributed by atoms with van der Waals surface area (Å²) in [5.74, 6) is -5.92. The van der Waals surface area contributed by atoms with Gasteiger partial charge in [0.25, 0.3) is 12.2 Å². The number of carbonyl (C=O) groups is 13. The molecule has 2 aliphatic heterocycles. The summed E-state index contributed by atoms with van der Waals surface area (Å²) < 4.78 is 133. The van der Waals surface area contributed by atoms with Crippen LogP contribution in [0.5, 0.6) is 0 Å². The molecule has 720 valence electrons. The molecule has 2 heterocycles. The fraction of sp³-hybridized carbons (Fsp3) is 0.713. The van der Waals surface area contributed by atoms with Crippen LogP contribution in [-0.4, -0.2) is 238 Å².